The fourth-order valence-electron chi connectivity index (χ4n) is 4.57. The molecule has 0 aromatic carbocycles. The Balaban J connectivity index is 1.86. The Morgan fingerprint density at radius 1 is 1.21 bits per heavy atom. The van der Waals surface area contributed by atoms with Crippen molar-refractivity contribution in [3.05, 3.63) is 5.92 Å². The van der Waals surface area contributed by atoms with Gasteiger partial charge in [-0.1, -0.05) is 13.3 Å². The molecule has 1 radical (unpaired) electrons. The van der Waals surface area contributed by atoms with E-state index < -0.39 is 0 Å². The van der Waals surface area contributed by atoms with Gasteiger partial charge in [-0.05, 0) is 56.3 Å². The zero-order valence-corrected chi connectivity index (χ0v) is 9.13. The number of rotatable bonds is 2. The van der Waals surface area contributed by atoms with Gasteiger partial charge in [0.15, 0.2) is 0 Å². The van der Waals surface area contributed by atoms with Gasteiger partial charge >= 0.3 is 0 Å². The number of hydrogen-bond donors (Lipinski definition) is 1. The van der Waals surface area contributed by atoms with Crippen molar-refractivity contribution < 1.29 is 5.11 Å². The minimum Gasteiger partial charge on any atom is -0.389 e. The van der Waals surface area contributed by atoms with Crippen molar-refractivity contribution in [1.82, 2.24) is 0 Å². The molecule has 1 N–H and O–H groups in total. The molecule has 0 spiro atoms. The quantitative estimate of drug-likeness (QED) is 0.715. The molecule has 1 heteroatoms. The van der Waals surface area contributed by atoms with E-state index in [1.54, 1.807) is 0 Å². The van der Waals surface area contributed by atoms with Crippen molar-refractivity contribution in [1.29, 1.82) is 0 Å². The van der Waals surface area contributed by atoms with E-state index in [0.29, 0.717) is 0 Å². The molecule has 2 atom stereocenters. The van der Waals surface area contributed by atoms with E-state index in [4.69, 9.17) is 0 Å². The maximum Gasteiger partial charge on any atom is 0.0718 e. The van der Waals surface area contributed by atoms with E-state index in [-0.39, 0.29) is 5.60 Å². The summed E-state index contributed by atoms with van der Waals surface area (Å²) in [6, 6.07) is 0. The second-order valence-corrected chi connectivity index (χ2v) is 5.85. The zero-order chi connectivity index (χ0) is 9.76. The third kappa shape index (κ3) is 1.18. The van der Waals surface area contributed by atoms with Crippen LogP contribution in [0.4, 0.5) is 0 Å². The van der Waals surface area contributed by atoms with Crippen LogP contribution in [0.15, 0.2) is 0 Å². The van der Waals surface area contributed by atoms with Crippen LogP contribution < -0.4 is 0 Å². The molecule has 0 aromatic rings. The van der Waals surface area contributed by atoms with Gasteiger partial charge in [-0.2, -0.15) is 0 Å². The van der Waals surface area contributed by atoms with Gasteiger partial charge in [0.2, 0.25) is 0 Å². The first kappa shape index (κ1) is 9.21. The average molecular weight is 193 g/mol. The summed E-state index contributed by atoms with van der Waals surface area (Å²) in [5, 5.41) is 10.7. The molecular formula is C13H21O. The molecule has 1 nitrogen and oxygen atoms in total. The van der Waals surface area contributed by atoms with E-state index in [1.807, 2.05) is 0 Å². The predicted molar refractivity (Wildman–Crippen MR) is 56.7 cm³/mol. The first-order valence-corrected chi connectivity index (χ1v) is 6.30. The predicted octanol–water partition coefficient (Wildman–Crippen LogP) is 2.93. The van der Waals surface area contributed by atoms with Crippen LogP contribution in [-0.4, -0.2) is 10.7 Å². The highest BCUT2D eigenvalue weighted by atomic mass is 16.3. The van der Waals surface area contributed by atoms with Gasteiger partial charge < -0.3 is 5.11 Å². The third-order valence-corrected chi connectivity index (χ3v) is 4.76. The largest absolute Gasteiger partial charge is 0.389 e. The SMILES string of the molecule is CCC[C]1C2CC3CC(C2)CC1(O)C3. The molecule has 14 heavy (non-hydrogen) atoms. The molecule has 4 rings (SSSR count). The Bertz CT molecular complexity index is 221. The topological polar surface area (TPSA) is 20.2 Å². The van der Waals surface area contributed by atoms with Crippen LogP contribution in [0, 0.1) is 23.7 Å². The van der Waals surface area contributed by atoms with Gasteiger partial charge in [0.25, 0.3) is 0 Å². The van der Waals surface area contributed by atoms with E-state index in [9.17, 15) is 5.11 Å². The summed E-state index contributed by atoms with van der Waals surface area (Å²) < 4.78 is 0. The molecule has 4 bridgehead atoms. The van der Waals surface area contributed by atoms with Crippen LogP contribution in [0.2, 0.25) is 0 Å². The Hall–Kier alpha value is -0.0400. The van der Waals surface area contributed by atoms with Crippen molar-refractivity contribution in [3.8, 4) is 0 Å². The second kappa shape index (κ2) is 2.98. The monoisotopic (exact) mass is 193 g/mol. The Morgan fingerprint density at radius 3 is 2.36 bits per heavy atom. The van der Waals surface area contributed by atoms with Gasteiger partial charge in [0.1, 0.15) is 0 Å². The smallest absolute Gasteiger partial charge is 0.0718 e. The highest BCUT2D eigenvalue weighted by Crippen LogP contribution is 2.60. The molecule has 0 aliphatic heterocycles. The minimum atomic E-state index is -0.315. The van der Waals surface area contributed by atoms with Gasteiger partial charge in [0, 0.05) is 5.92 Å². The van der Waals surface area contributed by atoms with Gasteiger partial charge in [-0.15, -0.1) is 0 Å². The lowest BCUT2D eigenvalue weighted by atomic mass is 9.49. The molecule has 0 aromatic heterocycles. The lowest BCUT2D eigenvalue weighted by Crippen LogP contribution is -2.55. The fourth-order valence-corrected chi connectivity index (χ4v) is 4.57. The molecular weight excluding hydrogens is 172 g/mol. The first-order valence-electron chi connectivity index (χ1n) is 6.30. The molecule has 4 aliphatic rings. The van der Waals surface area contributed by atoms with E-state index in [2.05, 4.69) is 6.92 Å². The van der Waals surface area contributed by atoms with Crippen molar-refractivity contribution in [3.63, 3.8) is 0 Å². The number of aliphatic hydroxyl groups is 1. The Labute approximate surface area is 86.9 Å². The van der Waals surface area contributed by atoms with Crippen LogP contribution in [0.1, 0.15) is 51.9 Å². The summed E-state index contributed by atoms with van der Waals surface area (Å²) in [7, 11) is 0. The van der Waals surface area contributed by atoms with Crippen molar-refractivity contribution >= 4 is 0 Å². The minimum absolute atomic E-state index is 0.315. The van der Waals surface area contributed by atoms with Crippen molar-refractivity contribution in [2.24, 2.45) is 17.8 Å². The molecule has 2 unspecified atom stereocenters. The number of hydrogen-bond acceptors (Lipinski definition) is 1. The van der Waals surface area contributed by atoms with Crippen LogP contribution in [0.5, 0.6) is 0 Å². The lowest BCUT2D eigenvalue weighted by Gasteiger charge is -2.58. The molecule has 79 valence electrons. The third-order valence-electron chi connectivity index (χ3n) is 4.76. The van der Waals surface area contributed by atoms with Gasteiger partial charge in [-0.25, -0.2) is 0 Å². The Morgan fingerprint density at radius 2 is 1.86 bits per heavy atom. The molecule has 4 aliphatic carbocycles. The van der Waals surface area contributed by atoms with Crippen LogP contribution in [0.3, 0.4) is 0 Å². The summed E-state index contributed by atoms with van der Waals surface area (Å²) in [4.78, 5) is 0. The van der Waals surface area contributed by atoms with Crippen molar-refractivity contribution in [2.45, 2.75) is 57.5 Å². The van der Waals surface area contributed by atoms with E-state index in [1.165, 1.54) is 38.0 Å². The van der Waals surface area contributed by atoms with Gasteiger partial charge in [-0.3, -0.25) is 0 Å². The molecule has 0 heterocycles. The van der Waals surface area contributed by atoms with Crippen LogP contribution in [0.25, 0.3) is 0 Å². The summed E-state index contributed by atoms with van der Waals surface area (Å²) in [6.45, 7) is 2.24. The summed E-state index contributed by atoms with van der Waals surface area (Å²) in [5.41, 5.74) is -0.315. The van der Waals surface area contributed by atoms with Crippen molar-refractivity contribution in [2.75, 3.05) is 0 Å². The normalized spacial score (nSPS) is 51.4. The molecule has 4 saturated carbocycles. The van der Waals surface area contributed by atoms with Gasteiger partial charge in [0.05, 0.1) is 5.60 Å². The standard InChI is InChI=1S/C13H21O/c1-2-3-12-11-5-9-4-10(6-11)8-13(12,14)7-9/h9-11,14H,2-8H2,1H3. The second-order valence-electron chi connectivity index (χ2n) is 5.85. The van der Waals surface area contributed by atoms with E-state index in [0.717, 1.165) is 30.6 Å². The zero-order valence-electron chi connectivity index (χ0n) is 9.13. The average Bonchev–Trinajstić information content (AvgIpc) is 2.09. The molecule has 0 amide bonds. The molecule has 4 fully saturated rings. The van der Waals surface area contributed by atoms with Crippen LogP contribution in [-0.2, 0) is 0 Å². The maximum absolute atomic E-state index is 10.7. The lowest BCUT2D eigenvalue weighted by molar-refractivity contribution is -0.105. The highest BCUT2D eigenvalue weighted by molar-refractivity contribution is 5.22. The van der Waals surface area contributed by atoms with E-state index >= 15 is 0 Å². The van der Waals surface area contributed by atoms with Crippen LogP contribution >= 0.6 is 0 Å². The first-order chi connectivity index (χ1) is 6.71. The molecule has 0 saturated heterocycles. The highest BCUT2D eigenvalue weighted by Gasteiger charge is 2.55. The summed E-state index contributed by atoms with van der Waals surface area (Å²) in [5.74, 6) is 4.05. The summed E-state index contributed by atoms with van der Waals surface area (Å²) in [6.07, 6.45) is 8.79. The summed E-state index contributed by atoms with van der Waals surface area (Å²) >= 11 is 0. The maximum atomic E-state index is 10.7. The fraction of sp³-hybridized carbons (Fsp3) is 0.923. The Kier molecular flexibility index (Phi) is 1.96.